The Labute approximate surface area is 160 Å². The number of benzene rings is 1. The lowest BCUT2D eigenvalue weighted by Crippen LogP contribution is -2.41. The molecule has 27 heavy (non-hydrogen) atoms. The number of halogens is 1. The number of hydrogen-bond donors (Lipinski definition) is 2. The molecular formula is C20H30FN5O. The molecule has 0 amide bonds. The van der Waals surface area contributed by atoms with Gasteiger partial charge in [-0.05, 0) is 44.0 Å². The van der Waals surface area contributed by atoms with Gasteiger partial charge in [-0.15, -0.1) is 0 Å². The maximum atomic E-state index is 13.0. The molecule has 1 heterocycles. The second kappa shape index (κ2) is 9.94. The topological polar surface area (TPSA) is 63.5 Å². The average Bonchev–Trinajstić information content (AvgIpc) is 2.98. The summed E-state index contributed by atoms with van der Waals surface area (Å²) in [7, 11) is 3.73. The molecule has 0 saturated carbocycles. The van der Waals surface area contributed by atoms with E-state index in [0.29, 0.717) is 24.8 Å². The molecule has 0 aliphatic carbocycles. The normalized spacial score (nSPS) is 12.7. The number of ether oxygens (including phenoxy) is 1. The van der Waals surface area contributed by atoms with Crippen LogP contribution in [0.2, 0.25) is 0 Å². The summed E-state index contributed by atoms with van der Waals surface area (Å²) in [5, 5.41) is 11.2. The van der Waals surface area contributed by atoms with Crippen molar-refractivity contribution >= 4 is 5.96 Å². The van der Waals surface area contributed by atoms with Crippen molar-refractivity contribution in [3.8, 4) is 5.75 Å². The van der Waals surface area contributed by atoms with Crippen LogP contribution in [0.1, 0.15) is 37.7 Å². The number of hydrogen-bond acceptors (Lipinski definition) is 3. The van der Waals surface area contributed by atoms with E-state index in [4.69, 9.17) is 4.74 Å². The first-order chi connectivity index (χ1) is 13.0. The van der Waals surface area contributed by atoms with Crippen LogP contribution in [0.15, 0.2) is 29.3 Å². The molecule has 1 aromatic carbocycles. The van der Waals surface area contributed by atoms with Gasteiger partial charge in [-0.25, -0.2) is 4.39 Å². The van der Waals surface area contributed by atoms with Crippen LogP contribution in [0.4, 0.5) is 4.39 Å². The van der Waals surface area contributed by atoms with Crippen molar-refractivity contribution in [3.05, 3.63) is 47.0 Å². The lowest BCUT2D eigenvalue weighted by Gasteiger charge is -2.18. The molecule has 0 aliphatic heterocycles. The van der Waals surface area contributed by atoms with E-state index in [1.165, 1.54) is 23.4 Å². The lowest BCUT2D eigenvalue weighted by atomic mass is 10.1. The number of aliphatic imine (C=N–C) groups is 1. The first kappa shape index (κ1) is 20.7. The minimum atomic E-state index is -0.272. The Balaban J connectivity index is 1.88. The van der Waals surface area contributed by atoms with Gasteiger partial charge in [0.1, 0.15) is 17.7 Å². The van der Waals surface area contributed by atoms with E-state index in [1.54, 1.807) is 19.2 Å². The Morgan fingerprint density at radius 2 is 1.93 bits per heavy atom. The Hall–Kier alpha value is -2.57. The van der Waals surface area contributed by atoms with Crippen molar-refractivity contribution < 1.29 is 9.13 Å². The van der Waals surface area contributed by atoms with Gasteiger partial charge in [-0.2, -0.15) is 5.10 Å². The molecule has 0 fully saturated rings. The predicted octanol–water partition coefficient (Wildman–Crippen LogP) is 2.82. The van der Waals surface area contributed by atoms with Crippen molar-refractivity contribution in [3.63, 3.8) is 0 Å². The number of aromatic nitrogens is 2. The summed E-state index contributed by atoms with van der Waals surface area (Å²) in [4.78, 5) is 4.27. The highest BCUT2D eigenvalue weighted by molar-refractivity contribution is 5.79. The highest BCUT2D eigenvalue weighted by Crippen LogP contribution is 2.15. The van der Waals surface area contributed by atoms with Gasteiger partial charge in [0.15, 0.2) is 5.96 Å². The Bertz CT molecular complexity index is 754. The van der Waals surface area contributed by atoms with Gasteiger partial charge in [0.05, 0.1) is 12.2 Å². The zero-order valence-electron chi connectivity index (χ0n) is 16.8. The fourth-order valence-electron chi connectivity index (χ4n) is 3.01. The standard InChI is InChI=1S/C20H30FN5O/c1-6-18-17(19(7-2)26(5)25-18)13-24-20(22-4)23-12-14(3)27-16-10-8-15(21)9-11-16/h8-11,14H,6-7,12-13H2,1-5H3,(H2,22,23,24). The van der Waals surface area contributed by atoms with Crippen LogP contribution < -0.4 is 15.4 Å². The molecule has 0 bridgehead atoms. The first-order valence-corrected chi connectivity index (χ1v) is 9.38. The number of rotatable bonds is 8. The van der Waals surface area contributed by atoms with Crippen molar-refractivity contribution in [2.45, 2.75) is 46.3 Å². The highest BCUT2D eigenvalue weighted by atomic mass is 19.1. The summed E-state index contributed by atoms with van der Waals surface area (Å²) in [6.45, 7) is 7.46. The van der Waals surface area contributed by atoms with E-state index in [-0.39, 0.29) is 11.9 Å². The third kappa shape index (κ3) is 5.70. The molecule has 6 nitrogen and oxygen atoms in total. The maximum Gasteiger partial charge on any atom is 0.191 e. The molecule has 0 aliphatic rings. The molecule has 148 valence electrons. The van der Waals surface area contributed by atoms with E-state index < -0.39 is 0 Å². The number of guanidine groups is 1. The van der Waals surface area contributed by atoms with Crippen LogP contribution in [-0.4, -0.2) is 35.4 Å². The van der Waals surface area contributed by atoms with Gasteiger partial charge < -0.3 is 15.4 Å². The second-order valence-electron chi connectivity index (χ2n) is 6.39. The molecule has 2 aromatic rings. The molecule has 0 spiro atoms. The van der Waals surface area contributed by atoms with Crippen LogP contribution in [0.5, 0.6) is 5.75 Å². The molecule has 1 unspecified atom stereocenters. The Morgan fingerprint density at radius 3 is 2.52 bits per heavy atom. The summed E-state index contributed by atoms with van der Waals surface area (Å²) < 4.78 is 20.7. The van der Waals surface area contributed by atoms with E-state index >= 15 is 0 Å². The summed E-state index contributed by atoms with van der Waals surface area (Å²) in [6, 6.07) is 6.03. The Kier molecular flexibility index (Phi) is 7.64. The van der Waals surface area contributed by atoms with Gasteiger partial charge in [0.2, 0.25) is 0 Å². The molecular weight excluding hydrogens is 345 g/mol. The third-order valence-electron chi connectivity index (χ3n) is 4.39. The van der Waals surface area contributed by atoms with Crippen molar-refractivity contribution in [1.82, 2.24) is 20.4 Å². The number of nitrogens with zero attached hydrogens (tertiary/aromatic N) is 3. The van der Waals surface area contributed by atoms with Crippen LogP contribution >= 0.6 is 0 Å². The summed E-state index contributed by atoms with van der Waals surface area (Å²) in [5.74, 6) is 1.08. The average molecular weight is 375 g/mol. The zero-order chi connectivity index (χ0) is 19.8. The van der Waals surface area contributed by atoms with E-state index in [1.807, 2.05) is 18.7 Å². The molecule has 2 N–H and O–H groups in total. The van der Waals surface area contributed by atoms with Gasteiger partial charge in [0, 0.05) is 31.9 Å². The minimum absolute atomic E-state index is 0.0928. The molecule has 1 atom stereocenters. The summed E-state index contributed by atoms with van der Waals surface area (Å²) in [5.41, 5.74) is 3.59. The molecule has 0 radical (unpaired) electrons. The van der Waals surface area contributed by atoms with Crippen LogP contribution in [-0.2, 0) is 26.4 Å². The fraction of sp³-hybridized carbons (Fsp3) is 0.500. The molecule has 1 aromatic heterocycles. The first-order valence-electron chi connectivity index (χ1n) is 9.38. The maximum absolute atomic E-state index is 13.0. The minimum Gasteiger partial charge on any atom is -0.489 e. The summed E-state index contributed by atoms with van der Waals surface area (Å²) >= 11 is 0. The quantitative estimate of drug-likeness (QED) is 0.550. The van der Waals surface area contributed by atoms with Crippen LogP contribution in [0, 0.1) is 5.82 Å². The van der Waals surface area contributed by atoms with E-state index in [9.17, 15) is 4.39 Å². The second-order valence-corrected chi connectivity index (χ2v) is 6.39. The summed E-state index contributed by atoms with van der Waals surface area (Å²) in [6.07, 6.45) is 1.75. The van der Waals surface area contributed by atoms with Crippen LogP contribution in [0.3, 0.4) is 0 Å². The number of nitrogens with one attached hydrogen (secondary N) is 2. The molecule has 2 rings (SSSR count). The smallest absolute Gasteiger partial charge is 0.191 e. The predicted molar refractivity (Wildman–Crippen MR) is 107 cm³/mol. The lowest BCUT2D eigenvalue weighted by molar-refractivity contribution is 0.223. The largest absolute Gasteiger partial charge is 0.489 e. The third-order valence-corrected chi connectivity index (χ3v) is 4.39. The van der Waals surface area contributed by atoms with Gasteiger partial charge in [-0.1, -0.05) is 13.8 Å². The fourth-order valence-corrected chi connectivity index (χ4v) is 3.01. The van der Waals surface area contributed by atoms with Crippen molar-refractivity contribution in [2.24, 2.45) is 12.0 Å². The SMILES string of the molecule is CCc1nn(C)c(CC)c1CNC(=NC)NCC(C)Oc1ccc(F)cc1. The van der Waals surface area contributed by atoms with E-state index in [0.717, 1.165) is 18.5 Å². The van der Waals surface area contributed by atoms with Gasteiger partial charge in [-0.3, -0.25) is 9.67 Å². The van der Waals surface area contributed by atoms with Crippen molar-refractivity contribution in [2.75, 3.05) is 13.6 Å². The molecule has 7 heteroatoms. The Morgan fingerprint density at radius 1 is 1.22 bits per heavy atom. The molecule has 0 saturated heterocycles. The highest BCUT2D eigenvalue weighted by Gasteiger charge is 2.14. The van der Waals surface area contributed by atoms with Crippen molar-refractivity contribution in [1.29, 1.82) is 0 Å². The van der Waals surface area contributed by atoms with E-state index in [2.05, 4.69) is 34.6 Å². The zero-order valence-corrected chi connectivity index (χ0v) is 16.8. The monoisotopic (exact) mass is 375 g/mol. The number of aryl methyl sites for hydroxylation is 2. The van der Waals surface area contributed by atoms with Gasteiger partial charge in [0.25, 0.3) is 0 Å². The van der Waals surface area contributed by atoms with Crippen LogP contribution in [0.25, 0.3) is 0 Å². The van der Waals surface area contributed by atoms with Gasteiger partial charge >= 0.3 is 0 Å².